The molecule has 0 radical (unpaired) electrons. The Hall–Kier alpha value is -2.69. The Kier molecular flexibility index (Phi) is 4.68. The van der Waals surface area contributed by atoms with Crippen LogP contribution in [0.2, 0.25) is 0 Å². The molecular weight excluding hydrogens is 343 g/mol. The van der Waals surface area contributed by atoms with Gasteiger partial charge >= 0.3 is 0 Å². The van der Waals surface area contributed by atoms with Gasteiger partial charge in [0.1, 0.15) is 5.82 Å². The number of piperidine rings is 1. The van der Waals surface area contributed by atoms with E-state index in [0.29, 0.717) is 17.2 Å². The maximum Gasteiger partial charge on any atom is 0.254 e. The van der Waals surface area contributed by atoms with Crippen LogP contribution >= 0.6 is 0 Å². The maximum absolute atomic E-state index is 13.2. The topological polar surface area (TPSA) is 49.4 Å². The van der Waals surface area contributed by atoms with Crippen molar-refractivity contribution in [2.75, 3.05) is 5.32 Å². The molecule has 5 heteroatoms. The third kappa shape index (κ3) is 3.59. The summed E-state index contributed by atoms with van der Waals surface area (Å²) in [6.07, 6.45) is 3.86. The molecule has 2 aliphatic rings. The normalized spacial score (nSPS) is 23.9. The molecule has 0 saturated carbocycles. The summed E-state index contributed by atoms with van der Waals surface area (Å²) in [5.41, 5.74) is 2.41. The van der Waals surface area contributed by atoms with Gasteiger partial charge in [-0.15, -0.1) is 0 Å². The number of amides is 2. The number of rotatable bonds is 3. The average Bonchev–Trinajstić information content (AvgIpc) is 2.91. The third-order valence-corrected chi connectivity index (χ3v) is 5.74. The molecule has 0 spiro atoms. The maximum atomic E-state index is 13.2. The van der Waals surface area contributed by atoms with Gasteiger partial charge in [-0.25, -0.2) is 4.39 Å². The Morgan fingerprint density at radius 3 is 2.33 bits per heavy atom. The first-order chi connectivity index (χ1) is 13.0. The van der Waals surface area contributed by atoms with E-state index < -0.39 is 0 Å². The molecule has 2 bridgehead atoms. The number of benzene rings is 2. The molecule has 2 heterocycles. The zero-order valence-electron chi connectivity index (χ0n) is 15.3. The molecule has 2 fully saturated rings. The van der Waals surface area contributed by atoms with Gasteiger partial charge in [-0.3, -0.25) is 9.59 Å². The summed E-state index contributed by atoms with van der Waals surface area (Å²) in [6, 6.07) is 14.3. The van der Waals surface area contributed by atoms with E-state index in [2.05, 4.69) is 5.32 Å². The van der Waals surface area contributed by atoms with Crippen molar-refractivity contribution in [3.63, 3.8) is 0 Å². The first-order valence-electron chi connectivity index (χ1n) is 9.47. The van der Waals surface area contributed by atoms with Gasteiger partial charge in [0.15, 0.2) is 0 Å². The van der Waals surface area contributed by atoms with Crippen molar-refractivity contribution in [2.45, 2.75) is 50.6 Å². The highest BCUT2D eigenvalue weighted by molar-refractivity contribution is 5.97. The van der Waals surface area contributed by atoms with E-state index in [4.69, 9.17) is 0 Å². The number of fused-ring (bicyclic) bond motifs is 2. The quantitative estimate of drug-likeness (QED) is 0.879. The van der Waals surface area contributed by atoms with Crippen LogP contribution in [-0.2, 0) is 4.79 Å². The Bertz CT molecular complexity index is 851. The van der Waals surface area contributed by atoms with E-state index in [1.54, 1.807) is 24.3 Å². The van der Waals surface area contributed by atoms with Crippen molar-refractivity contribution in [1.29, 1.82) is 0 Å². The Balaban J connectivity index is 1.52. The molecule has 0 aromatic heterocycles. The standard InChI is InChI=1S/C22H23FN2O2/c1-14(26)24-19-4-2-3-16(11-19)22(27)25-20-9-10-21(25)13-17(12-20)15-5-7-18(23)8-6-15/h2-8,11,17,20-21H,9-10,12-13H2,1H3,(H,24,26)/t17?,20-,21+. The highest BCUT2D eigenvalue weighted by atomic mass is 19.1. The fourth-order valence-electron chi connectivity index (χ4n) is 4.60. The number of carbonyl (C=O) groups excluding carboxylic acids is 2. The van der Waals surface area contributed by atoms with Gasteiger partial charge in [-0.05, 0) is 67.5 Å². The van der Waals surface area contributed by atoms with Crippen LogP contribution in [0.25, 0.3) is 0 Å². The fourth-order valence-corrected chi connectivity index (χ4v) is 4.60. The van der Waals surface area contributed by atoms with Gasteiger partial charge in [0, 0.05) is 30.3 Å². The number of nitrogens with one attached hydrogen (secondary N) is 1. The SMILES string of the molecule is CC(=O)Nc1cccc(C(=O)N2[C@@H]3CC[C@H]2CC(c2ccc(F)cc2)C3)c1. The highest BCUT2D eigenvalue weighted by Gasteiger charge is 2.43. The van der Waals surface area contributed by atoms with Crippen LogP contribution in [-0.4, -0.2) is 28.8 Å². The summed E-state index contributed by atoms with van der Waals surface area (Å²) in [6.45, 7) is 1.45. The lowest BCUT2D eigenvalue weighted by molar-refractivity contribution is -0.114. The molecular formula is C22H23FN2O2. The Morgan fingerprint density at radius 2 is 1.70 bits per heavy atom. The molecule has 2 aromatic rings. The zero-order valence-corrected chi connectivity index (χ0v) is 15.3. The summed E-state index contributed by atoms with van der Waals surface area (Å²) < 4.78 is 13.2. The second kappa shape index (κ2) is 7.14. The minimum absolute atomic E-state index is 0.0345. The Labute approximate surface area is 158 Å². The predicted molar refractivity (Wildman–Crippen MR) is 102 cm³/mol. The van der Waals surface area contributed by atoms with Crippen LogP contribution in [0.4, 0.5) is 10.1 Å². The summed E-state index contributed by atoms with van der Waals surface area (Å²) in [7, 11) is 0. The summed E-state index contributed by atoms with van der Waals surface area (Å²) >= 11 is 0. The van der Waals surface area contributed by atoms with E-state index >= 15 is 0 Å². The second-order valence-electron chi connectivity index (χ2n) is 7.58. The second-order valence-corrected chi connectivity index (χ2v) is 7.58. The van der Waals surface area contributed by atoms with E-state index in [1.807, 2.05) is 17.0 Å². The Morgan fingerprint density at radius 1 is 1.04 bits per heavy atom. The fraction of sp³-hybridized carbons (Fsp3) is 0.364. The molecule has 4 rings (SSSR count). The van der Waals surface area contributed by atoms with E-state index in [0.717, 1.165) is 31.2 Å². The summed E-state index contributed by atoms with van der Waals surface area (Å²) in [4.78, 5) is 26.5. The van der Waals surface area contributed by atoms with Gasteiger partial charge in [0.2, 0.25) is 5.91 Å². The number of anilines is 1. The van der Waals surface area contributed by atoms with E-state index in [1.165, 1.54) is 19.1 Å². The van der Waals surface area contributed by atoms with E-state index in [-0.39, 0.29) is 29.7 Å². The van der Waals surface area contributed by atoms with Crippen molar-refractivity contribution in [3.8, 4) is 0 Å². The smallest absolute Gasteiger partial charge is 0.254 e. The first kappa shape index (κ1) is 17.7. The third-order valence-electron chi connectivity index (χ3n) is 5.74. The van der Waals surface area contributed by atoms with Gasteiger partial charge in [0.05, 0.1) is 0 Å². The lowest BCUT2D eigenvalue weighted by Gasteiger charge is -2.39. The van der Waals surface area contributed by atoms with Crippen molar-refractivity contribution in [2.24, 2.45) is 0 Å². The minimum atomic E-state index is -0.214. The molecule has 3 atom stereocenters. The molecule has 2 saturated heterocycles. The van der Waals surface area contributed by atoms with Gasteiger partial charge in [0.25, 0.3) is 5.91 Å². The molecule has 27 heavy (non-hydrogen) atoms. The van der Waals surface area contributed by atoms with Crippen molar-refractivity contribution >= 4 is 17.5 Å². The van der Waals surface area contributed by atoms with E-state index in [9.17, 15) is 14.0 Å². The van der Waals surface area contributed by atoms with Crippen molar-refractivity contribution < 1.29 is 14.0 Å². The molecule has 140 valence electrons. The lowest BCUT2D eigenvalue weighted by atomic mass is 9.85. The molecule has 2 amide bonds. The molecule has 0 aliphatic carbocycles. The molecule has 4 nitrogen and oxygen atoms in total. The molecule has 1 N–H and O–H groups in total. The largest absolute Gasteiger partial charge is 0.333 e. The predicted octanol–water partition coefficient (Wildman–Crippen LogP) is 4.33. The van der Waals surface area contributed by atoms with Gasteiger partial charge < -0.3 is 10.2 Å². The number of halogens is 1. The van der Waals surface area contributed by atoms with Crippen molar-refractivity contribution in [1.82, 2.24) is 4.90 Å². The number of hydrogen-bond acceptors (Lipinski definition) is 2. The van der Waals surface area contributed by atoms with Crippen molar-refractivity contribution in [3.05, 3.63) is 65.5 Å². The average molecular weight is 366 g/mol. The van der Waals surface area contributed by atoms with Crippen LogP contribution in [0, 0.1) is 5.82 Å². The number of hydrogen-bond donors (Lipinski definition) is 1. The number of carbonyl (C=O) groups is 2. The summed E-state index contributed by atoms with van der Waals surface area (Å²) in [5, 5.41) is 2.73. The van der Waals surface area contributed by atoms with Crippen LogP contribution in [0.1, 0.15) is 54.4 Å². The molecule has 2 aliphatic heterocycles. The van der Waals surface area contributed by atoms with Gasteiger partial charge in [-0.1, -0.05) is 18.2 Å². The molecule has 1 unspecified atom stereocenters. The number of nitrogens with zero attached hydrogens (tertiary/aromatic N) is 1. The van der Waals surface area contributed by atoms with Crippen LogP contribution in [0.15, 0.2) is 48.5 Å². The first-order valence-corrected chi connectivity index (χ1v) is 9.47. The zero-order chi connectivity index (χ0) is 19.0. The highest BCUT2D eigenvalue weighted by Crippen LogP contribution is 2.43. The molecule has 2 aromatic carbocycles. The van der Waals surface area contributed by atoms with Crippen LogP contribution < -0.4 is 5.32 Å². The minimum Gasteiger partial charge on any atom is -0.333 e. The van der Waals surface area contributed by atoms with Gasteiger partial charge in [-0.2, -0.15) is 0 Å². The van der Waals surface area contributed by atoms with Crippen LogP contribution in [0.5, 0.6) is 0 Å². The lowest BCUT2D eigenvalue weighted by Crippen LogP contribution is -2.46. The summed E-state index contributed by atoms with van der Waals surface area (Å²) in [5.74, 6) is 0.0401. The van der Waals surface area contributed by atoms with Crippen LogP contribution in [0.3, 0.4) is 0 Å². The monoisotopic (exact) mass is 366 g/mol.